The van der Waals surface area contributed by atoms with Crippen LogP contribution in [0.5, 0.6) is 5.75 Å². The Morgan fingerprint density at radius 1 is 1.08 bits per heavy atom. The van der Waals surface area contributed by atoms with Gasteiger partial charge in [0.15, 0.2) is 5.82 Å². The fraction of sp³-hybridized carbons (Fsp3) is 0.259. The SMILES string of the molecule is CCC(c1nnnn1Cc1ccco1)N(Cc1ccccc1)Cc1cc2ccc(OC)cc2[nH]c1=O. The van der Waals surface area contributed by atoms with Gasteiger partial charge in [-0.25, -0.2) is 4.68 Å². The van der Waals surface area contributed by atoms with Crippen molar-refractivity contribution in [1.82, 2.24) is 30.1 Å². The van der Waals surface area contributed by atoms with E-state index in [0.29, 0.717) is 30.9 Å². The van der Waals surface area contributed by atoms with Crippen LogP contribution in [0.2, 0.25) is 0 Å². The van der Waals surface area contributed by atoms with Crippen LogP contribution in [0.3, 0.4) is 0 Å². The second-order valence-electron chi connectivity index (χ2n) is 8.67. The standard InChI is InChI=1S/C27H28N6O3/c1-3-25(26-29-30-31-33(26)18-23-10-7-13-36-23)32(16-19-8-5-4-6-9-19)17-21-14-20-11-12-22(35-2)15-24(20)28-27(21)34/h4-15,25H,3,16-18H2,1-2H3,(H,28,34). The zero-order valence-electron chi connectivity index (χ0n) is 20.3. The number of hydrogen-bond donors (Lipinski definition) is 1. The first-order valence-electron chi connectivity index (χ1n) is 11.9. The van der Waals surface area contributed by atoms with E-state index >= 15 is 0 Å². The predicted molar refractivity (Wildman–Crippen MR) is 135 cm³/mol. The summed E-state index contributed by atoms with van der Waals surface area (Å²) in [5, 5.41) is 13.5. The van der Waals surface area contributed by atoms with Crippen molar-refractivity contribution in [3.8, 4) is 5.75 Å². The molecule has 9 nitrogen and oxygen atoms in total. The minimum Gasteiger partial charge on any atom is -0.497 e. The highest BCUT2D eigenvalue weighted by molar-refractivity contribution is 5.80. The van der Waals surface area contributed by atoms with Crippen LogP contribution >= 0.6 is 0 Å². The Morgan fingerprint density at radius 3 is 2.69 bits per heavy atom. The van der Waals surface area contributed by atoms with E-state index in [0.717, 1.165) is 34.5 Å². The fourth-order valence-electron chi connectivity index (χ4n) is 4.50. The molecule has 184 valence electrons. The molecule has 2 aromatic carbocycles. The van der Waals surface area contributed by atoms with Crippen LogP contribution in [0.15, 0.2) is 82.2 Å². The highest BCUT2D eigenvalue weighted by Crippen LogP contribution is 2.27. The first-order valence-corrected chi connectivity index (χ1v) is 11.9. The van der Waals surface area contributed by atoms with Gasteiger partial charge in [-0.05, 0) is 58.1 Å². The summed E-state index contributed by atoms with van der Waals surface area (Å²) in [7, 11) is 1.61. The molecule has 0 aliphatic carbocycles. The number of tetrazole rings is 1. The molecule has 3 aromatic heterocycles. The summed E-state index contributed by atoms with van der Waals surface area (Å²) in [4.78, 5) is 18.4. The number of nitrogens with zero attached hydrogens (tertiary/aromatic N) is 5. The number of fused-ring (bicyclic) bond motifs is 1. The monoisotopic (exact) mass is 484 g/mol. The van der Waals surface area contributed by atoms with Crippen LogP contribution in [-0.4, -0.2) is 37.2 Å². The van der Waals surface area contributed by atoms with E-state index in [-0.39, 0.29) is 11.6 Å². The highest BCUT2D eigenvalue weighted by Gasteiger charge is 2.26. The molecule has 0 saturated heterocycles. The first kappa shape index (κ1) is 23.5. The maximum absolute atomic E-state index is 13.1. The van der Waals surface area contributed by atoms with Gasteiger partial charge in [-0.3, -0.25) is 9.69 Å². The summed E-state index contributed by atoms with van der Waals surface area (Å²) < 4.78 is 12.6. The van der Waals surface area contributed by atoms with Gasteiger partial charge in [-0.1, -0.05) is 37.3 Å². The Hall–Kier alpha value is -4.24. The number of hydrogen-bond acceptors (Lipinski definition) is 7. The van der Waals surface area contributed by atoms with Crippen LogP contribution in [0.25, 0.3) is 10.9 Å². The number of aromatic nitrogens is 5. The molecular formula is C27H28N6O3. The Bertz CT molecular complexity index is 1480. The fourth-order valence-corrected chi connectivity index (χ4v) is 4.50. The molecule has 0 spiro atoms. The Morgan fingerprint density at radius 2 is 1.94 bits per heavy atom. The molecule has 1 N–H and O–H groups in total. The number of rotatable bonds is 10. The lowest BCUT2D eigenvalue weighted by Crippen LogP contribution is -2.32. The van der Waals surface area contributed by atoms with Gasteiger partial charge in [-0.15, -0.1) is 5.10 Å². The molecule has 0 saturated carbocycles. The quantitative estimate of drug-likeness (QED) is 0.315. The highest BCUT2D eigenvalue weighted by atomic mass is 16.5. The van der Waals surface area contributed by atoms with E-state index in [4.69, 9.17) is 9.15 Å². The number of furan rings is 1. The van der Waals surface area contributed by atoms with E-state index < -0.39 is 0 Å². The third kappa shape index (κ3) is 5.06. The van der Waals surface area contributed by atoms with E-state index in [1.807, 2.05) is 54.6 Å². The topological polar surface area (TPSA) is 102 Å². The summed E-state index contributed by atoms with van der Waals surface area (Å²) >= 11 is 0. The molecule has 0 amide bonds. The number of H-pyrrole nitrogens is 1. The molecule has 36 heavy (non-hydrogen) atoms. The van der Waals surface area contributed by atoms with E-state index in [2.05, 4.69) is 44.5 Å². The summed E-state index contributed by atoms with van der Waals surface area (Å²) in [6, 6.07) is 21.5. The molecule has 0 radical (unpaired) electrons. The Labute approximate surface area is 208 Å². The summed E-state index contributed by atoms with van der Waals surface area (Å²) in [6.45, 7) is 3.60. The lowest BCUT2D eigenvalue weighted by Gasteiger charge is -2.30. The molecule has 3 heterocycles. The molecule has 1 atom stereocenters. The minimum absolute atomic E-state index is 0.124. The normalized spacial score (nSPS) is 12.3. The maximum atomic E-state index is 13.1. The number of methoxy groups -OCH3 is 1. The van der Waals surface area contributed by atoms with Crippen LogP contribution in [0.4, 0.5) is 0 Å². The molecule has 0 aliphatic heterocycles. The second-order valence-corrected chi connectivity index (χ2v) is 8.67. The average molecular weight is 485 g/mol. The Kier molecular flexibility index (Phi) is 6.90. The number of aromatic amines is 1. The maximum Gasteiger partial charge on any atom is 0.252 e. The number of nitrogens with one attached hydrogen (secondary N) is 1. The summed E-state index contributed by atoms with van der Waals surface area (Å²) in [6.07, 6.45) is 2.40. The van der Waals surface area contributed by atoms with Crippen molar-refractivity contribution >= 4 is 10.9 Å². The molecule has 9 heteroatoms. The van der Waals surface area contributed by atoms with Crippen molar-refractivity contribution in [2.24, 2.45) is 0 Å². The largest absolute Gasteiger partial charge is 0.497 e. The van der Waals surface area contributed by atoms with Crippen molar-refractivity contribution in [2.75, 3.05) is 7.11 Å². The Balaban J connectivity index is 1.51. The van der Waals surface area contributed by atoms with Crippen molar-refractivity contribution in [3.63, 3.8) is 0 Å². The van der Waals surface area contributed by atoms with E-state index in [1.165, 1.54) is 0 Å². The third-order valence-electron chi connectivity index (χ3n) is 6.30. The van der Waals surface area contributed by atoms with Gasteiger partial charge >= 0.3 is 0 Å². The van der Waals surface area contributed by atoms with Gasteiger partial charge in [0.1, 0.15) is 18.1 Å². The van der Waals surface area contributed by atoms with Crippen molar-refractivity contribution in [1.29, 1.82) is 0 Å². The zero-order chi connectivity index (χ0) is 24.9. The van der Waals surface area contributed by atoms with E-state index in [1.54, 1.807) is 18.1 Å². The van der Waals surface area contributed by atoms with Crippen LogP contribution < -0.4 is 10.3 Å². The van der Waals surface area contributed by atoms with Gasteiger partial charge in [0.05, 0.1) is 24.9 Å². The molecule has 1 unspecified atom stereocenters. The number of ether oxygens (including phenoxy) is 1. The molecule has 0 bridgehead atoms. The predicted octanol–water partition coefficient (Wildman–Crippen LogP) is 4.32. The van der Waals surface area contributed by atoms with Crippen LogP contribution in [-0.2, 0) is 19.6 Å². The summed E-state index contributed by atoms with van der Waals surface area (Å²) in [5.74, 6) is 2.20. The molecular weight excluding hydrogens is 456 g/mol. The zero-order valence-corrected chi connectivity index (χ0v) is 20.3. The van der Waals surface area contributed by atoms with Crippen molar-refractivity contribution in [3.05, 3.63) is 106 Å². The molecule has 0 fully saturated rings. The van der Waals surface area contributed by atoms with Crippen LogP contribution in [0, 0.1) is 0 Å². The first-order chi connectivity index (χ1) is 17.6. The lowest BCUT2D eigenvalue weighted by molar-refractivity contribution is 0.161. The average Bonchev–Trinajstić information content (AvgIpc) is 3.58. The molecule has 5 rings (SSSR count). The van der Waals surface area contributed by atoms with Gasteiger partial charge in [0, 0.05) is 24.7 Å². The van der Waals surface area contributed by atoms with Crippen LogP contribution in [0.1, 0.15) is 42.1 Å². The lowest BCUT2D eigenvalue weighted by atomic mass is 10.1. The van der Waals surface area contributed by atoms with E-state index in [9.17, 15) is 4.79 Å². The minimum atomic E-state index is -0.126. The number of benzene rings is 2. The molecule has 0 aliphatic rings. The molecule has 5 aromatic rings. The smallest absolute Gasteiger partial charge is 0.252 e. The van der Waals surface area contributed by atoms with Gasteiger partial charge < -0.3 is 14.1 Å². The van der Waals surface area contributed by atoms with Crippen molar-refractivity contribution in [2.45, 2.75) is 39.0 Å². The van der Waals surface area contributed by atoms with Gasteiger partial charge in [0.2, 0.25) is 0 Å². The second kappa shape index (κ2) is 10.6. The van der Waals surface area contributed by atoms with Gasteiger partial charge in [-0.2, -0.15) is 0 Å². The summed E-state index contributed by atoms with van der Waals surface area (Å²) in [5.41, 5.74) is 2.43. The van der Waals surface area contributed by atoms with Crippen molar-refractivity contribution < 1.29 is 9.15 Å². The number of pyridine rings is 1. The third-order valence-corrected chi connectivity index (χ3v) is 6.30. The van der Waals surface area contributed by atoms with Gasteiger partial charge in [0.25, 0.3) is 5.56 Å².